The predicted molar refractivity (Wildman–Crippen MR) is 81.6 cm³/mol. The van der Waals surface area contributed by atoms with Crippen LogP contribution < -0.4 is 20.5 Å². The van der Waals surface area contributed by atoms with Gasteiger partial charge in [-0.2, -0.15) is 0 Å². The normalized spacial score (nSPS) is 13.6. The van der Waals surface area contributed by atoms with Crippen molar-refractivity contribution in [3.63, 3.8) is 0 Å². The van der Waals surface area contributed by atoms with Crippen molar-refractivity contribution >= 4 is 11.6 Å². The topological polar surface area (TPSA) is 76.8 Å². The Morgan fingerprint density at radius 1 is 1.33 bits per heavy atom. The first-order valence-electron chi connectivity index (χ1n) is 6.90. The Hall–Kier alpha value is -1.95. The van der Waals surface area contributed by atoms with Gasteiger partial charge in [-0.1, -0.05) is 13.8 Å². The highest BCUT2D eigenvalue weighted by Gasteiger charge is 2.23. The summed E-state index contributed by atoms with van der Waals surface area (Å²) in [6.07, 6.45) is 0. The SMILES string of the molecule is CN(C)CC(C)(C)CNC(=O)c1cc2c(cc1N)OCO2. The second-order valence-electron chi connectivity index (χ2n) is 6.38. The van der Waals surface area contributed by atoms with Crippen molar-refractivity contribution in [3.05, 3.63) is 17.7 Å². The van der Waals surface area contributed by atoms with Gasteiger partial charge in [-0.15, -0.1) is 0 Å². The van der Waals surface area contributed by atoms with E-state index in [4.69, 9.17) is 15.2 Å². The maximum atomic E-state index is 12.3. The predicted octanol–water partition coefficient (Wildman–Crippen LogP) is 1.32. The van der Waals surface area contributed by atoms with E-state index in [1.807, 2.05) is 14.1 Å². The molecule has 0 saturated heterocycles. The van der Waals surface area contributed by atoms with Gasteiger partial charge in [0.15, 0.2) is 11.5 Å². The Labute approximate surface area is 125 Å². The van der Waals surface area contributed by atoms with Gasteiger partial charge >= 0.3 is 0 Å². The number of anilines is 1. The lowest BCUT2D eigenvalue weighted by Gasteiger charge is -2.28. The largest absolute Gasteiger partial charge is 0.454 e. The summed E-state index contributed by atoms with van der Waals surface area (Å²) < 4.78 is 10.5. The molecular formula is C15H23N3O3. The van der Waals surface area contributed by atoms with E-state index in [1.54, 1.807) is 12.1 Å². The zero-order valence-electron chi connectivity index (χ0n) is 13.0. The van der Waals surface area contributed by atoms with Crippen molar-refractivity contribution in [1.29, 1.82) is 0 Å². The first-order valence-corrected chi connectivity index (χ1v) is 6.90. The molecule has 0 aromatic heterocycles. The number of nitrogen functional groups attached to an aromatic ring is 1. The van der Waals surface area contributed by atoms with Crippen LogP contribution >= 0.6 is 0 Å². The van der Waals surface area contributed by atoms with E-state index in [9.17, 15) is 4.79 Å². The Kier molecular flexibility index (Phi) is 4.27. The van der Waals surface area contributed by atoms with E-state index in [0.29, 0.717) is 29.3 Å². The Balaban J connectivity index is 2.04. The van der Waals surface area contributed by atoms with Crippen molar-refractivity contribution in [1.82, 2.24) is 10.2 Å². The van der Waals surface area contributed by atoms with Gasteiger partial charge in [0, 0.05) is 24.8 Å². The fraction of sp³-hybridized carbons (Fsp3) is 0.533. The number of ether oxygens (including phenoxy) is 2. The zero-order chi connectivity index (χ0) is 15.6. The molecule has 0 unspecified atom stereocenters. The maximum Gasteiger partial charge on any atom is 0.253 e. The molecule has 1 aliphatic rings. The minimum atomic E-state index is -0.197. The molecule has 3 N–H and O–H groups in total. The number of benzene rings is 1. The monoisotopic (exact) mass is 293 g/mol. The van der Waals surface area contributed by atoms with Crippen LogP contribution in [0.2, 0.25) is 0 Å². The highest BCUT2D eigenvalue weighted by atomic mass is 16.7. The number of rotatable bonds is 5. The van der Waals surface area contributed by atoms with Crippen LogP contribution in [0.15, 0.2) is 12.1 Å². The molecule has 1 aromatic carbocycles. The van der Waals surface area contributed by atoms with E-state index in [-0.39, 0.29) is 18.1 Å². The number of amides is 1. The van der Waals surface area contributed by atoms with Crippen LogP contribution in [0.25, 0.3) is 0 Å². The van der Waals surface area contributed by atoms with E-state index in [0.717, 1.165) is 6.54 Å². The summed E-state index contributed by atoms with van der Waals surface area (Å²) in [6, 6.07) is 3.26. The number of carbonyl (C=O) groups excluding carboxylic acids is 1. The maximum absolute atomic E-state index is 12.3. The van der Waals surface area contributed by atoms with Crippen LogP contribution in [0, 0.1) is 5.41 Å². The van der Waals surface area contributed by atoms with Crippen LogP contribution in [0.5, 0.6) is 11.5 Å². The molecule has 0 spiro atoms. The summed E-state index contributed by atoms with van der Waals surface area (Å²) in [5.74, 6) is 0.941. The molecule has 0 atom stereocenters. The molecule has 6 heteroatoms. The summed E-state index contributed by atoms with van der Waals surface area (Å²) in [7, 11) is 4.03. The highest BCUT2D eigenvalue weighted by Crippen LogP contribution is 2.35. The van der Waals surface area contributed by atoms with Crippen molar-refractivity contribution in [2.45, 2.75) is 13.8 Å². The average Bonchev–Trinajstić information content (AvgIpc) is 2.80. The number of nitrogens with one attached hydrogen (secondary N) is 1. The van der Waals surface area contributed by atoms with E-state index >= 15 is 0 Å². The van der Waals surface area contributed by atoms with Gasteiger partial charge in [-0.05, 0) is 25.6 Å². The molecule has 1 heterocycles. The minimum Gasteiger partial charge on any atom is -0.454 e. The first kappa shape index (κ1) is 15.4. The lowest BCUT2D eigenvalue weighted by Crippen LogP contribution is -2.40. The molecule has 6 nitrogen and oxygen atoms in total. The third kappa shape index (κ3) is 3.78. The van der Waals surface area contributed by atoms with Crippen molar-refractivity contribution in [3.8, 4) is 11.5 Å². The van der Waals surface area contributed by atoms with E-state index in [2.05, 4.69) is 24.1 Å². The van der Waals surface area contributed by atoms with Gasteiger partial charge in [0.1, 0.15) is 0 Å². The first-order chi connectivity index (χ1) is 9.78. The third-order valence-electron chi connectivity index (χ3n) is 3.26. The molecule has 0 saturated carbocycles. The summed E-state index contributed by atoms with van der Waals surface area (Å²) in [4.78, 5) is 14.4. The second-order valence-corrected chi connectivity index (χ2v) is 6.38. The standard InChI is InChI=1S/C15H23N3O3/c1-15(2,8-18(3)4)7-17-14(19)10-5-12-13(6-11(10)16)21-9-20-12/h5-6H,7-9,16H2,1-4H3,(H,17,19). The summed E-state index contributed by atoms with van der Waals surface area (Å²) in [5.41, 5.74) is 6.69. The average molecular weight is 293 g/mol. The molecule has 0 bridgehead atoms. The molecule has 1 aromatic rings. The molecule has 0 fully saturated rings. The Morgan fingerprint density at radius 3 is 2.57 bits per heavy atom. The molecule has 1 amide bonds. The molecule has 0 radical (unpaired) electrons. The number of nitrogens with zero attached hydrogens (tertiary/aromatic N) is 1. The van der Waals surface area contributed by atoms with Crippen molar-refractivity contribution < 1.29 is 14.3 Å². The highest BCUT2D eigenvalue weighted by molar-refractivity contribution is 6.00. The molecule has 116 valence electrons. The fourth-order valence-corrected chi connectivity index (χ4v) is 2.48. The van der Waals surface area contributed by atoms with Crippen molar-refractivity contribution in [2.24, 2.45) is 5.41 Å². The van der Waals surface area contributed by atoms with Gasteiger partial charge in [0.2, 0.25) is 6.79 Å². The number of carbonyl (C=O) groups is 1. The van der Waals surface area contributed by atoms with Gasteiger partial charge in [-0.25, -0.2) is 0 Å². The van der Waals surface area contributed by atoms with Crippen LogP contribution in [0.3, 0.4) is 0 Å². The summed E-state index contributed by atoms with van der Waals surface area (Å²) >= 11 is 0. The van der Waals surface area contributed by atoms with Crippen LogP contribution in [-0.4, -0.2) is 44.8 Å². The van der Waals surface area contributed by atoms with Gasteiger partial charge in [-0.3, -0.25) is 4.79 Å². The molecule has 21 heavy (non-hydrogen) atoms. The van der Waals surface area contributed by atoms with E-state index < -0.39 is 0 Å². The van der Waals surface area contributed by atoms with Crippen LogP contribution in [0.1, 0.15) is 24.2 Å². The lowest BCUT2D eigenvalue weighted by molar-refractivity contribution is 0.0929. The number of fused-ring (bicyclic) bond motifs is 1. The molecular weight excluding hydrogens is 270 g/mol. The zero-order valence-corrected chi connectivity index (χ0v) is 13.0. The Bertz CT molecular complexity index is 541. The van der Waals surface area contributed by atoms with Gasteiger partial charge in [0.25, 0.3) is 5.91 Å². The molecule has 1 aliphatic heterocycles. The number of hydrogen-bond donors (Lipinski definition) is 2. The fourth-order valence-electron chi connectivity index (χ4n) is 2.48. The van der Waals surface area contributed by atoms with Crippen LogP contribution in [-0.2, 0) is 0 Å². The lowest BCUT2D eigenvalue weighted by atomic mass is 9.93. The summed E-state index contributed by atoms with van der Waals surface area (Å²) in [5, 5.41) is 2.93. The molecule has 2 rings (SSSR count). The molecule has 0 aliphatic carbocycles. The van der Waals surface area contributed by atoms with Gasteiger partial charge < -0.3 is 25.4 Å². The quantitative estimate of drug-likeness (QED) is 0.801. The number of hydrogen-bond acceptors (Lipinski definition) is 5. The summed E-state index contributed by atoms with van der Waals surface area (Å²) in [6.45, 7) is 5.82. The van der Waals surface area contributed by atoms with Crippen LogP contribution in [0.4, 0.5) is 5.69 Å². The van der Waals surface area contributed by atoms with Crippen molar-refractivity contribution in [2.75, 3.05) is 39.7 Å². The van der Waals surface area contributed by atoms with E-state index in [1.165, 1.54) is 0 Å². The Morgan fingerprint density at radius 2 is 1.95 bits per heavy atom. The number of nitrogens with two attached hydrogens (primary N) is 1. The second kappa shape index (κ2) is 5.81. The smallest absolute Gasteiger partial charge is 0.253 e. The minimum absolute atomic E-state index is 0.0236. The third-order valence-corrected chi connectivity index (χ3v) is 3.26. The van der Waals surface area contributed by atoms with Gasteiger partial charge in [0.05, 0.1) is 5.56 Å².